The molecule has 0 unspecified atom stereocenters. The molecule has 0 saturated heterocycles. The second-order valence-corrected chi connectivity index (χ2v) is 5.56. The first-order valence-electron chi connectivity index (χ1n) is 6.44. The lowest BCUT2D eigenvalue weighted by Crippen LogP contribution is -2.10. The number of nitrogens with zero attached hydrogens (tertiary/aromatic N) is 2. The van der Waals surface area contributed by atoms with Gasteiger partial charge in [0.05, 0.1) is 25.3 Å². The van der Waals surface area contributed by atoms with Gasteiger partial charge in [-0.2, -0.15) is 0 Å². The van der Waals surface area contributed by atoms with E-state index in [0.29, 0.717) is 22.9 Å². The van der Waals surface area contributed by atoms with Crippen LogP contribution in [0.25, 0.3) is 11.0 Å². The fourth-order valence-corrected chi connectivity index (χ4v) is 2.39. The van der Waals surface area contributed by atoms with Crippen LogP contribution in [0.15, 0.2) is 12.1 Å². The van der Waals surface area contributed by atoms with Gasteiger partial charge in [0.2, 0.25) is 5.95 Å². The average Bonchev–Trinajstić information content (AvgIpc) is 3.05. The molecule has 2 N–H and O–H groups in total. The van der Waals surface area contributed by atoms with Gasteiger partial charge in [-0.3, -0.25) is 0 Å². The molecule has 1 heterocycles. The van der Waals surface area contributed by atoms with Crippen LogP contribution in [-0.4, -0.2) is 23.8 Å². The number of anilines is 1. The minimum absolute atomic E-state index is 0.370. The Morgan fingerprint density at radius 1 is 1.26 bits per heavy atom. The molecule has 0 spiro atoms. The van der Waals surface area contributed by atoms with E-state index >= 15 is 0 Å². The molecule has 0 radical (unpaired) electrons. The Hall–Kier alpha value is -1.91. The summed E-state index contributed by atoms with van der Waals surface area (Å²) in [6.45, 7) is 3.18. The maximum Gasteiger partial charge on any atom is 0.201 e. The van der Waals surface area contributed by atoms with Gasteiger partial charge in [0, 0.05) is 18.7 Å². The highest BCUT2D eigenvalue weighted by atomic mass is 16.5. The smallest absolute Gasteiger partial charge is 0.201 e. The van der Waals surface area contributed by atoms with E-state index in [9.17, 15) is 0 Å². The summed E-state index contributed by atoms with van der Waals surface area (Å²) in [5.74, 6) is 1.94. The second kappa shape index (κ2) is 4.05. The van der Waals surface area contributed by atoms with Crippen LogP contribution < -0.4 is 15.2 Å². The van der Waals surface area contributed by atoms with Gasteiger partial charge in [-0.15, -0.1) is 0 Å². The lowest BCUT2D eigenvalue weighted by atomic mass is 10.1. The third-order valence-corrected chi connectivity index (χ3v) is 3.93. The standard InChI is InChI=1S/C14H19N3O2/c1-14(4-5-14)8-17-10-7-12(19-3)11(18-2)6-9(10)16-13(17)15/h6-7H,4-5,8H2,1-3H3,(H2,15,16). The van der Waals surface area contributed by atoms with Crippen LogP contribution in [0.4, 0.5) is 5.95 Å². The molecule has 0 amide bonds. The average molecular weight is 261 g/mol. The molecule has 1 aromatic carbocycles. The van der Waals surface area contributed by atoms with Crippen molar-refractivity contribution in [1.29, 1.82) is 0 Å². The quantitative estimate of drug-likeness (QED) is 0.918. The zero-order valence-corrected chi connectivity index (χ0v) is 11.6. The van der Waals surface area contributed by atoms with Crippen LogP contribution in [0.1, 0.15) is 19.8 Å². The molecule has 5 heteroatoms. The molecule has 1 fully saturated rings. The predicted molar refractivity (Wildman–Crippen MR) is 74.6 cm³/mol. The SMILES string of the molecule is COc1cc2nc(N)n(CC3(C)CC3)c2cc1OC. The van der Waals surface area contributed by atoms with E-state index in [1.807, 2.05) is 12.1 Å². The molecule has 19 heavy (non-hydrogen) atoms. The Bertz CT molecular complexity index is 629. The fourth-order valence-electron chi connectivity index (χ4n) is 2.39. The number of hydrogen-bond acceptors (Lipinski definition) is 4. The molecule has 5 nitrogen and oxygen atoms in total. The highest BCUT2D eigenvalue weighted by Gasteiger charge is 2.38. The van der Waals surface area contributed by atoms with Gasteiger partial charge in [-0.25, -0.2) is 4.98 Å². The molecule has 0 atom stereocenters. The minimum atomic E-state index is 0.370. The molecule has 0 aliphatic heterocycles. The van der Waals surface area contributed by atoms with Crippen molar-refractivity contribution in [1.82, 2.24) is 9.55 Å². The number of imidazole rings is 1. The number of fused-ring (bicyclic) bond motifs is 1. The Labute approximate surface area is 112 Å². The molecule has 0 bridgehead atoms. The maximum atomic E-state index is 6.04. The van der Waals surface area contributed by atoms with Crippen LogP contribution in [-0.2, 0) is 6.54 Å². The largest absolute Gasteiger partial charge is 0.493 e. The molecule has 1 saturated carbocycles. The van der Waals surface area contributed by atoms with Gasteiger partial charge in [-0.05, 0) is 18.3 Å². The number of hydrogen-bond donors (Lipinski definition) is 1. The van der Waals surface area contributed by atoms with Crippen LogP contribution >= 0.6 is 0 Å². The van der Waals surface area contributed by atoms with Crippen molar-refractivity contribution in [3.8, 4) is 11.5 Å². The Morgan fingerprint density at radius 2 is 1.89 bits per heavy atom. The summed E-state index contributed by atoms with van der Waals surface area (Å²) in [6.07, 6.45) is 2.50. The minimum Gasteiger partial charge on any atom is -0.493 e. The number of ether oxygens (including phenoxy) is 2. The normalized spacial score (nSPS) is 16.6. The number of aromatic nitrogens is 2. The first-order chi connectivity index (χ1) is 9.06. The summed E-state index contributed by atoms with van der Waals surface area (Å²) in [5, 5.41) is 0. The van der Waals surface area contributed by atoms with Crippen molar-refractivity contribution in [2.75, 3.05) is 20.0 Å². The summed E-state index contributed by atoms with van der Waals surface area (Å²) in [7, 11) is 3.26. The number of rotatable bonds is 4. The lowest BCUT2D eigenvalue weighted by Gasteiger charge is -2.13. The van der Waals surface area contributed by atoms with Crippen molar-refractivity contribution < 1.29 is 9.47 Å². The zero-order chi connectivity index (χ0) is 13.6. The van der Waals surface area contributed by atoms with Crippen molar-refractivity contribution >= 4 is 17.0 Å². The summed E-state index contributed by atoms with van der Waals surface area (Å²) < 4.78 is 12.7. The Balaban J connectivity index is 2.13. The van der Waals surface area contributed by atoms with Gasteiger partial charge < -0.3 is 19.8 Å². The van der Waals surface area contributed by atoms with E-state index in [-0.39, 0.29) is 0 Å². The van der Waals surface area contributed by atoms with E-state index < -0.39 is 0 Å². The van der Waals surface area contributed by atoms with Crippen molar-refractivity contribution in [3.63, 3.8) is 0 Å². The first-order valence-corrected chi connectivity index (χ1v) is 6.44. The van der Waals surface area contributed by atoms with Gasteiger partial charge >= 0.3 is 0 Å². The summed E-state index contributed by atoms with van der Waals surface area (Å²) in [4.78, 5) is 4.41. The van der Waals surface area contributed by atoms with Crippen molar-refractivity contribution in [3.05, 3.63) is 12.1 Å². The van der Waals surface area contributed by atoms with Crippen LogP contribution in [0.3, 0.4) is 0 Å². The highest BCUT2D eigenvalue weighted by Crippen LogP contribution is 2.47. The number of nitrogen functional groups attached to an aromatic ring is 1. The molecule has 1 aliphatic rings. The molecular formula is C14H19N3O2. The molecule has 1 aliphatic carbocycles. The molecule has 3 rings (SSSR count). The topological polar surface area (TPSA) is 62.3 Å². The van der Waals surface area contributed by atoms with Crippen LogP contribution in [0.5, 0.6) is 11.5 Å². The van der Waals surface area contributed by atoms with Gasteiger partial charge in [0.25, 0.3) is 0 Å². The van der Waals surface area contributed by atoms with E-state index in [1.54, 1.807) is 14.2 Å². The van der Waals surface area contributed by atoms with Crippen LogP contribution in [0, 0.1) is 5.41 Å². The molecular weight excluding hydrogens is 242 g/mol. The van der Waals surface area contributed by atoms with E-state index in [2.05, 4.69) is 16.5 Å². The third kappa shape index (κ3) is 1.99. The third-order valence-electron chi connectivity index (χ3n) is 3.93. The number of methoxy groups -OCH3 is 2. The summed E-state index contributed by atoms with van der Waals surface area (Å²) in [5.41, 5.74) is 8.26. The summed E-state index contributed by atoms with van der Waals surface area (Å²) in [6, 6.07) is 3.82. The van der Waals surface area contributed by atoms with E-state index in [1.165, 1.54) is 12.8 Å². The number of nitrogens with two attached hydrogens (primary N) is 1. The van der Waals surface area contributed by atoms with Crippen molar-refractivity contribution in [2.45, 2.75) is 26.3 Å². The predicted octanol–water partition coefficient (Wildman–Crippen LogP) is 2.44. The van der Waals surface area contributed by atoms with Crippen LogP contribution in [0.2, 0.25) is 0 Å². The molecule has 1 aromatic heterocycles. The van der Waals surface area contributed by atoms with E-state index in [0.717, 1.165) is 17.6 Å². The fraction of sp³-hybridized carbons (Fsp3) is 0.500. The lowest BCUT2D eigenvalue weighted by molar-refractivity contribution is 0.355. The first kappa shape index (κ1) is 12.1. The summed E-state index contributed by atoms with van der Waals surface area (Å²) >= 11 is 0. The zero-order valence-electron chi connectivity index (χ0n) is 11.6. The highest BCUT2D eigenvalue weighted by molar-refractivity contribution is 5.82. The van der Waals surface area contributed by atoms with Gasteiger partial charge in [-0.1, -0.05) is 6.92 Å². The maximum absolute atomic E-state index is 6.04. The Kier molecular flexibility index (Phi) is 2.59. The molecule has 102 valence electrons. The Morgan fingerprint density at radius 3 is 2.47 bits per heavy atom. The van der Waals surface area contributed by atoms with Gasteiger partial charge in [0.15, 0.2) is 11.5 Å². The van der Waals surface area contributed by atoms with Crippen molar-refractivity contribution in [2.24, 2.45) is 5.41 Å². The molecule has 2 aromatic rings. The number of benzene rings is 1. The second-order valence-electron chi connectivity index (χ2n) is 5.56. The van der Waals surface area contributed by atoms with E-state index in [4.69, 9.17) is 15.2 Å². The monoisotopic (exact) mass is 261 g/mol. The van der Waals surface area contributed by atoms with Gasteiger partial charge in [0.1, 0.15) is 0 Å².